The van der Waals surface area contributed by atoms with E-state index in [0.717, 1.165) is 16.9 Å². The van der Waals surface area contributed by atoms with Gasteiger partial charge < -0.3 is 5.32 Å². The third-order valence-corrected chi connectivity index (χ3v) is 2.30. The minimum absolute atomic E-state index is 0.220. The van der Waals surface area contributed by atoms with Crippen molar-refractivity contribution < 1.29 is 4.39 Å². The highest BCUT2D eigenvalue weighted by Gasteiger charge is 2.01. The molecule has 16 heavy (non-hydrogen) atoms. The Balaban J connectivity index is 2.04. The van der Waals surface area contributed by atoms with Crippen LogP contribution in [-0.2, 0) is 13.6 Å². The zero-order valence-corrected chi connectivity index (χ0v) is 9.24. The minimum Gasteiger partial charge on any atom is -0.379 e. The molecule has 84 valence electrons. The monoisotopic (exact) mass is 220 g/mol. The van der Waals surface area contributed by atoms with Gasteiger partial charge in [-0.05, 0) is 30.7 Å². The highest BCUT2D eigenvalue weighted by atomic mass is 19.1. The van der Waals surface area contributed by atoms with E-state index in [1.165, 1.54) is 12.1 Å². The Morgan fingerprint density at radius 3 is 2.88 bits per heavy atom. The number of aromatic nitrogens is 3. The first-order valence-electron chi connectivity index (χ1n) is 5.00. The third-order valence-electron chi connectivity index (χ3n) is 2.30. The van der Waals surface area contributed by atoms with E-state index < -0.39 is 0 Å². The Morgan fingerprint density at radius 1 is 1.44 bits per heavy atom. The number of hydrogen-bond donors (Lipinski definition) is 1. The van der Waals surface area contributed by atoms with Crippen molar-refractivity contribution in [2.75, 3.05) is 5.32 Å². The molecule has 0 saturated heterocycles. The summed E-state index contributed by atoms with van der Waals surface area (Å²) in [6.45, 7) is 2.45. The van der Waals surface area contributed by atoms with E-state index in [-0.39, 0.29) is 5.82 Å². The van der Waals surface area contributed by atoms with Crippen LogP contribution in [-0.4, -0.2) is 15.0 Å². The number of anilines is 1. The normalized spacial score (nSPS) is 10.4. The lowest BCUT2D eigenvalue weighted by Crippen LogP contribution is -2.01. The Morgan fingerprint density at radius 2 is 2.25 bits per heavy atom. The van der Waals surface area contributed by atoms with Crippen molar-refractivity contribution in [3.63, 3.8) is 0 Å². The Kier molecular flexibility index (Phi) is 2.85. The lowest BCUT2D eigenvalue weighted by atomic mass is 10.2. The fraction of sp³-hybridized carbons (Fsp3) is 0.273. The van der Waals surface area contributed by atoms with Crippen LogP contribution in [0.3, 0.4) is 0 Å². The number of halogens is 1. The maximum Gasteiger partial charge on any atom is 0.123 e. The van der Waals surface area contributed by atoms with Gasteiger partial charge in [0.25, 0.3) is 0 Å². The molecule has 0 amide bonds. The number of benzene rings is 1. The SMILES string of the molecule is Cc1cc(F)ccc1NCc1cn(C)nn1. The summed E-state index contributed by atoms with van der Waals surface area (Å²) in [5.74, 6) is -0.220. The summed E-state index contributed by atoms with van der Waals surface area (Å²) in [7, 11) is 1.82. The highest BCUT2D eigenvalue weighted by Crippen LogP contribution is 2.16. The molecule has 1 aromatic heterocycles. The van der Waals surface area contributed by atoms with Crippen LogP contribution in [0.1, 0.15) is 11.3 Å². The van der Waals surface area contributed by atoms with Crippen molar-refractivity contribution in [2.45, 2.75) is 13.5 Å². The molecular weight excluding hydrogens is 207 g/mol. The van der Waals surface area contributed by atoms with Crippen LogP contribution in [0.5, 0.6) is 0 Å². The highest BCUT2D eigenvalue weighted by molar-refractivity contribution is 5.50. The van der Waals surface area contributed by atoms with Crippen LogP contribution < -0.4 is 5.32 Å². The Labute approximate surface area is 93.1 Å². The van der Waals surface area contributed by atoms with Crippen molar-refractivity contribution in [1.82, 2.24) is 15.0 Å². The molecule has 5 heteroatoms. The summed E-state index contributed by atoms with van der Waals surface area (Å²) in [4.78, 5) is 0. The van der Waals surface area contributed by atoms with Crippen molar-refractivity contribution in [3.05, 3.63) is 41.5 Å². The van der Waals surface area contributed by atoms with Gasteiger partial charge in [-0.1, -0.05) is 5.21 Å². The van der Waals surface area contributed by atoms with E-state index in [4.69, 9.17) is 0 Å². The van der Waals surface area contributed by atoms with E-state index in [2.05, 4.69) is 15.6 Å². The Hall–Kier alpha value is -1.91. The quantitative estimate of drug-likeness (QED) is 0.858. The van der Waals surface area contributed by atoms with E-state index in [1.54, 1.807) is 10.7 Å². The molecule has 0 radical (unpaired) electrons. The van der Waals surface area contributed by atoms with Gasteiger partial charge in [-0.2, -0.15) is 0 Å². The molecule has 0 saturated carbocycles. The van der Waals surface area contributed by atoms with Gasteiger partial charge in [0, 0.05) is 18.9 Å². The molecule has 4 nitrogen and oxygen atoms in total. The molecule has 0 bridgehead atoms. The molecule has 0 atom stereocenters. The molecule has 0 fully saturated rings. The average molecular weight is 220 g/mol. The van der Waals surface area contributed by atoms with Gasteiger partial charge in [-0.15, -0.1) is 5.10 Å². The summed E-state index contributed by atoms with van der Waals surface area (Å²) in [6.07, 6.45) is 1.84. The van der Waals surface area contributed by atoms with Gasteiger partial charge in [0.1, 0.15) is 11.5 Å². The third kappa shape index (κ3) is 2.36. The van der Waals surface area contributed by atoms with E-state index in [1.807, 2.05) is 20.2 Å². The van der Waals surface area contributed by atoms with E-state index in [0.29, 0.717) is 6.54 Å². The fourth-order valence-electron chi connectivity index (χ4n) is 1.49. The largest absolute Gasteiger partial charge is 0.379 e. The summed E-state index contributed by atoms with van der Waals surface area (Å²) >= 11 is 0. The summed E-state index contributed by atoms with van der Waals surface area (Å²) in [5.41, 5.74) is 2.64. The van der Waals surface area contributed by atoms with Gasteiger partial charge in [-0.25, -0.2) is 4.39 Å². The molecule has 1 heterocycles. The summed E-state index contributed by atoms with van der Waals surface area (Å²) < 4.78 is 14.5. The van der Waals surface area contributed by atoms with Crippen molar-refractivity contribution in [2.24, 2.45) is 7.05 Å². The van der Waals surface area contributed by atoms with E-state index >= 15 is 0 Å². The number of hydrogen-bond acceptors (Lipinski definition) is 3. The van der Waals surface area contributed by atoms with Crippen molar-refractivity contribution in [1.29, 1.82) is 0 Å². The lowest BCUT2D eigenvalue weighted by Gasteiger charge is -2.07. The summed E-state index contributed by atoms with van der Waals surface area (Å²) in [5, 5.41) is 11.0. The van der Waals surface area contributed by atoms with Crippen LogP contribution in [0.4, 0.5) is 10.1 Å². The number of nitrogens with one attached hydrogen (secondary N) is 1. The van der Waals surface area contributed by atoms with Gasteiger partial charge in [-0.3, -0.25) is 4.68 Å². The maximum absolute atomic E-state index is 12.9. The Bertz CT molecular complexity index is 492. The van der Waals surface area contributed by atoms with E-state index in [9.17, 15) is 4.39 Å². The fourth-order valence-corrected chi connectivity index (χ4v) is 1.49. The topological polar surface area (TPSA) is 42.7 Å². The molecule has 0 aliphatic heterocycles. The molecule has 0 spiro atoms. The molecular formula is C11H13FN4. The molecule has 0 aliphatic carbocycles. The number of aryl methyl sites for hydroxylation is 2. The molecule has 2 rings (SSSR count). The minimum atomic E-state index is -0.220. The molecule has 2 aromatic rings. The number of rotatable bonds is 3. The van der Waals surface area contributed by atoms with Crippen LogP contribution in [0.2, 0.25) is 0 Å². The standard InChI is InChI=1S/C11H13FN4/c1-8-5-9(12)3-4-11(8)13-6-10-7-16(2)15-14-10/h3-5,7,13H,6H2,1-2H3. The maximum atomic E-state index is 12.9. The van der Waals surface area contributed by atoms with Crippen molar-refractivity contribution >= 4 is 5.69 Å². The van der Waals surface area contributed by atoms with Gasteiger partial charge in [0.15, 0.2) is 0 Å². The van der Waals surface area contributed by atoms with Gasteiger partial charge in [0.05, 0.1) is 6.54 Å². The molecule has 1 N–H and O–H groups in total. The van der Waals surface area contributed by atoms with Crippen molar-refractivity contribution in [3.8, 4) is 0 Å². The first kappa shape index (κ1) is 10.6. The molecule has 0 aliphatic rings. The van der Waals surface area contributed by atoms with Crippen LogP contribution in [0.15, 0.2) is 24.4 Å². The molecule has 0 unspecified atom stereocenters. The van der Waals surface area contributed by atoms with Crippen LogP contribution in [0.25, 0.3) is 0 Å². The average Bonchev–Trinajstić information content (AvgIpc) is 2.63. The zero-order chi connectivity index (χ0) is 11.5. The second-order valence-electron chi connectivity index (χ2n) is 3.70. The first-order valence-corrected chi connectivity index (χ1v) is 5.00. The first-order chi connectivity index (χ1) is 7.65. The second-order valence-corrected chi connectivity index (χ2v) is 3.70. The molecule has 1 aromatic carbocycles. The van der Waals surface area contributed by atoms with Gasteiger partial charge >= 0.3 is 0 Å². The van der Waals surface area contributed by atoms with Crippen LogP contribution >= 0.6 is 0 Å². The van der Waals surface area contributed by atoms with Gasteiger partial charge in [0.2, 0.25) is 0 Å². The zero-order valence-electron chi connectivity index (χ0n) is 9.24. The number of nitrogens with zero attached hydrogens (tertiary/aromatic N) is 3. The second kappa shape index (κ2) is 4.30. The lowest BCUT2D eigenvalue weighted by molar-refractivity contribution is 0.627. The predicted octanol–water partition coefficient (Wildman–Crippen LogP) is 1.87. The van der Waals surface area contributed by atoms with Crippen LogP contribution in [0, 0.1) is 12.7 Å². The smallest absolute Gasteiger partial charge is 0.123 e. The summed E-state index contributed by atoms with van der Waals surface area (Å²) in [6, 6.07) is 4.66. The predicted molar refractivity (Wildman–Crippen MR) is 59.5 cm³/mol.